The van der Waals surface area contributed by atoms with E-state index >= 15 is 0 Å². The fourth-order valence-corrected chi connectivity index (χ4v) is 3.39. The Balaban J connectivity index is 1.66. The monoisotopic (exact) mass is 519 g/mol. The summed E-state index contributed by atoms with van der Waals surface area (Å²) < 4.78 is 7.87. The van der Waals surface area contributed by atoms with Crippen molar-refractivity contribution in [3.05, 3.63) is 74.5 Å². The van der Waals surface area contributed by atoms with Crippen LogP contribution in [0.4, 0.5) is 5.69 Å². The van der Waals surface area contributed by atoms with Crippen molar-refractivity contribution in [3.63, 3.8) is 0 Å². The summed E-state index contributed by atoms with van der Waals surface area (Å²) in [5.74, 6) is 0.308. The van der Waals surface area contributed by atoms with Gasteiger partial charge in [-0.2, -0.15) is 0 Å². The summed E-state index contributed by atoms with van der Waals surface area (Å²) in [5.41, 5.74) is 3.36. The second-order valence-electron chi connectivity index (χ2n) is 5.52. The molecule has 2 heterocycles. The smallest absolute Gasteiger partial charge is 0.257 e. The normalized spacial score (nSPS) is 10.8. The van der Waals surface area contributed by atoms with Gasteiger partial charge in [0.1, 0.15) is 5.52 Å². The average molecular weight is 520 g/mol. The number of halogens is 2. The molecular weight excluding hydrogens is 509 g/mol. The molecule has 0 aliphatic rings. The number of anilines is 1. The number of nitrogens with zero attached hydrogens (tertiary/aromatic N) is 2. The van der Waals surface area contributed by atoms with E-state index in [0.29, 0.717) is 28.2 Å². The van der Waals surface area contributed by atoms with Crippen LogP contribution in [-0.2, 0) is 0 Å². The number of rotatable bonds is 3. The number of fused-ring (bicyclic) bond motifs is 1. The molecule has 0 spiro atoms. The zero-order valence-corrected chi connectivity index (χ0v) is 17.0. The van der Waals surface area contributed by atoms with E-state index < -0.39 is 0 Å². The second kappa shape index (κ2) is 7.16. The first-order valence-electron chi connectivity index (χ1n) is 7.67. The maximum absolute atomic E-state index is 12.3. The number of pyridine rings is 1. The van der Waals surface area contributed by atoms with Crippen LogP contribution >= 0.6 is 38.5 Å². The summed E-state index contributed by atoms with van der Waals surface area (Å²) >= 11 is 5.78. The van der Waals surface area contributed by atoms with Crippen molar-refractivity contribution in [2.75, 3.05) is 5.32 Å². The fraction of sp³-hybridized carbons (Fsp3) is 0. The Morgan fingerprint density at radius 1 is 1.15 bits per heavy atom. The molecular formula is C19H11BrIN3O2. The molecule has 7 heteroatoms. The average Bonchev–Trinajstić information content (AvgIpc) is 3.07. The minimum atomic E-state index is -0.221. The first kappa shape index (κ1) is 17.2. The van der Waals surface area contributed by atoms with Crippen LogP contribution < -0.4 is 5.32 Å². The van der Waals surface area contributed by atoms with Crippen LogP contribution in [0.25, 0.3) is 22.6 Å². The van der Waals surface area contributed by atoms with E-state index in [1.165, 1.54) is 6.20 Å². The molecule has 0 aliphatic heterocycles. The highest BCUT2D eigenvalue weighted by Crippen LogP contribution is 2.32. The highest BCUT2D eigenvalue weighted by molar-refractivity contribution is 14.1. The standard InChI is InChI=1S/C19H11BrIN3O2/c20-15-5-3-12(21)8-14(15)19-24-16-9-13(4-6-17(16)26-19)23-18(25)11-2-1-7-22-10-11/h1-10H,(H,23,25). The topological polar surface area (TPSA) is 68.0 Å². The number of carbonyl (C=O) groups is 1. The SMILES string of the molecule is O=C(Nc1ccc2oc(-c3cc(I)ccc3Br)nc2c1)c1cccnc1. The van der Waals surface area contributed by atoms with Gasteiger partial charge in [0.25, 0.3) is 5.91 Å². The van der Waals surface area contributed by atoms with Crippen molar-refractivity contribution in [2.24, 2.45) is 0 Å². The third-order valence-electron chi connectivity index (χ3n) is 3.73. The molecule has 2 aromatic carbocycles. The van der Waals surface area contributed by atoms with Crippen LogP contribution in [0.5, 0.6) is 0 Å². The molecule has 4 rings (SSSR count). The lowest BCUT2D eigenvalue weighted by molar-refractivity contribution is 0.102. The Morgan fingerprint density at radius 3 is 2.85 bits per heavy atom. The molecule has 1 N–H and O–H groups in total. The van der Waals surface area contributed by atoms with Crippen molar-refractivity contribution in [2.45, 2.75) is 0 Å². The van der Waals surface area contributed by atoms with Crippen molar-refractivity contribution in [1.82, 2.24) is 9.97 Å². The molecule has 1 amide bonds. The molecule has 4 aromatic rings. The van der Waals surface area contributed by atoms with Gasteiger partial charge in [0, 0.05) is 26.1 Å². The zero-order valence-electron chi connectivity index (χ0n) is 13.2. The summed E-state index contributed by atoms with van der Waals surface area (Å²) in [6.45, 7) is 0. The van der Waals surface area contributed by atoms with Gasteiger partial charge in [-0.3, -0.25) is 9.78 Å². The molecule has 0 saturated carbocycles. The number of nitrogens with one attached hydrogen (secondary N) is 1. The van der Waals surface area contributed by atoms with Gasteiger partial charge in [-0.25, -0.2) is 4.98 Å². The zero-order chi connectivity index (χ0) is 18.1. The van der Waals surface area contributed by atoms with Crippen molar-refractivity contribution < 1.29 is 9.21 Å². The second-order valence-corrected chi connectivity index (χ2v) is 7.62. The van der Waals surface area contributed by atoms with Gasteiger partial charge in [-0.1, -0.05) is 0 Å². The lowest BCUT2D eigenvalue weighted by Crippen LogP contribution is -2.11. The molecule has 5 nitrogen and oxygen atoms in total. The van der Waals surface area contributed by atoms with Gasteiger partial charge in [0.2, 0.25) is 5.89 Å². The Morgan fingerprint density at radius 2 is 2.04 bits per heavy atom. The Labute approximate surface area is 171 Å². The molecule has 26 heavy (non-hydrogen) atoms. The lowest BCUT2D eigenvalue weighted by Gasteiger charge is -2.04. The summed E-state index contributed by atoms with van der Waals surface area (Å²) in [4.78, 5) is 20.8. The summed E-state index contributed by atoms with van der Waals surface area (Å²) in [6.07, 6.45) is 3.15. The van der Waals surface area contributed by atoms with Crippen LogP contribution in [0.1, 0.15) is 10.4 Å². The third kappa shape index (κ3) is 3.49. The Bertz CT molecular complexity index is 1110. The predicted molar refractivity (Wildman–Crippen MR) is 112 cm³/mol. The number of carbonyl (C=O) groups excluding carboxylic acids is 1. The molecule has 0 saturated heterocycles. The molecule has 0 fully saturated rings. The third-order valence-corrected chi connectivity index (χ3v) is 5.09. The van der Waals surface area contributed by atoms with E-state index in [-0.39, 0.29) is 5.91 Å². The minimum absolute atomic E-state index is 0.221. The molecule has 2 aromatic heterocycles. The number of benzene rings is 2. The molecule has 0 bridgehead atoms. The van der Waals surface area contributed by atoms with E-state index in [2.05, 4.69) is 53.8 Å². The van der Waals surface area contributed by atoms with Gasteiger partial charge in [-0.15, -0.1) is 0 Å². The number of amides is 1. The van der Waals surface area contributed by atoms with Gasteiger partial charge in [0.05, 0.1) is 11.1 Å². The van der Waals surface area contributed by atoms with Crippen LogP contribution in [0, 0.1) is 3.57 Å². The van der Waals surface area contributed by atoms with Crippen molar-refractivity contribution >= 4 is 61.2 Å². The summed E-state index contributed by atoms with van der Waals surface area (Å²) in [6, 6.07) is 14.8. The van der Waals surface area contributed by atoms with Gasteiger partial charge in [0.15, 0.2) is 5.58 Å². The minimum Gasteiger partial charge on any atom is -0.436 e. The number of hydrogen-bond acceptors (Lipinski definition) is 4. The molecule has 0 aliphatic carbocycles. The first-order chi connectivity index (χ1) is 12.6. The largest absolute Gasteiger partial charge is 0.436 e. The highest BCUT2D eigenvalue weighted by Gasteiger charge is 2.13. The van der Waals surface area contributed by atoms with E-state index in [0.717, 1.165) is 13.6 Å². The number of oxazole rings is 1. The van der Waals surface area contributed by atoms with Crippen LogP contribution in [-0.4, -0.2) is 15.9 Å². The van der Waals surface area contributed by atoms with Gasteiger partial charge < -0.3 is 9.73 Å². The Hall–Kier alpha value is -2.26. The highest BCUT2D eigenvalue weighted by atomic mass is 127. The fourth-order valence-electron chi connectivity index (χ4n) is 2.48. The van der Waals surface area contributed by atoms with Gasteiger partial charge >= 0.3 is 0 Å². The molecule has 128 valence electrons. The lowest BCUT2D eigenvalue weighted by atomic mass is 10.2. The predicted octanol–water partition coefficient (Wildman–Crippen LogP) is 5.51. The molecule has 0 atom stereocenters. The first-order valence-corrected chi connectivity index (χ1v) is 9.55. The van der Waals surface area contributed by atoms with Crippen LogP contribution in [0.15, 0.2) is 69.8 Å². The Kier molecular flexibility index (Phi) is 4.73. The maximum atomic E-state index is 12.3. The maximum Gasteiger partial charge on any atom is 0.257 e. The van der Waals surface area contributed by atoms with Crippen LogP contribution in [0.3, 0.4) is 0 Å². The van der Waals surface area contributed by atoms with Crippen molar-refractivity contribution in [1.29, 1.82) is 0 Å². The summed E-state index contributed by atoms with van der Waals surface area (Å²) in [7, 11) is 0. The van der Waals surface area contributed by atoms with Crippen LogP contribution in [0.2, 0.25) is 0 Å². The number of aromatic nitrogens is 2. The molecule has 0 unspecified atom stereocenters. The summed E-state index contributed by atoms with van der Waals surface area (Å²) in [5, 5.41) is 2.85. The van der Waals surface area contributed by atoms with E-state index in [9.17, 15) is 4.79 Å². The van der Waals surface area contributed by atoms with Crippen molar-refractivity contribution in [3.8, 4) is 11.5 Å². The van der Waals surface area contributed by atoms with E-state index in [1.807, 2.05) is 18.2 Å². The number of hydrogen-bond donors (Lipinski definition) is 1. The van der Waals surface area contributed by atoms with E-state index in [1.54, 1.807) is 36.5 Å². The molecule has 0 radical (unpaired) electrons. The van der Waals surface area contributed by atoms with Gasteiger partial charge in [-0.05, 0) is 87.1 Å². The van der Waals surface area contributed by atoms with E-state index in [4.69, 9.17) is 4.42 Å². The quantitative estimate of drug-likeness (QED) is 0.362.